The van der Waals surface area contributed by atoms with E-state index in [9.17, 15) is 0 Å². The Morgan fingerprint density at radius 3 is 1.82 bits per heavy atom. The van der Waals surface area contributed by atoms with Gasteiger partial charge < -0.3 is 4.42 Å². The van der Waals surface area contributed by atoms with Crippen molar-refractivity contribution < 1.29 is 4.42 Å². The Bertz CT molecular complexity index is 1570. The number of nitrogens with zero attached hydrogens (tertiary/aromatic N) is 1. The molecular weight excluding hydrogens is 422 g/mol. The third-order valence-electron chi connectivity index (χ3n) is 6.02. The van der Waals surface area contributed by atoms with E-state index in [1.807, 2.05) is 46.8 Å². The summed E-state index contributed by atoms with van der Waals surface area (Å²) < 4.78 is 7.92. The Balaban J connectivity index is 1.47. The molecule has 1 heterocycles. The lowest BCUT2D eigenvalue weighted by Gasteiger charge is -2.20. The highest BCUT2D eigenvalue weighted by Crippen LogP contribution is 2.39. The van der Waals surface area contributed by atoms with Crippen LogP contribution in [0.3, 0.4) is 0 Å². The van der Waals surface area contributed by atoms with E-state index in [0.29, 0.717) is 0 Å². The molecule has 0 unspecified atom stereocenters. The monoisotopic (exact) mass is 443 g/mol. The summed E-state index contributed by atoms with van der Waals surface area (Å²) in [5, 5.41) is 2.20. The van der Waals surface area contributed by atoms with Crippen LogP contribution in [0.5, 0.6) is 0 Å². The quantitative estimate of drug-likeness (QED) is 0.274. The summed E-state index contributed by atoms with van der Waals surface area (Å²) in [6.45, 7) is 0. The van der Waals surface area contributed by atoms with E-state index in [4.69, 9.17) is 17.2 Å². The lowest BCUT2D eigenvalue weighted by molar-refractivity contribution is 0.669. The minimum absolute atomic E-state index is 0.881. The first-order valence-electron chi connectivity index (χ1n) is 10.9. The van der Waals surface area contributed by atoms with Crippen molar-refractivity contribution in [3.05, 3.63) is 121 Å². The minimum atomic E-state index is 0.881. The van der Waals surface area contributed by atoms with Crippen LogP contribution in [-0.2, 0) is 0 Å². The Kier molecular flexibility index (Phi) is 4.89. The fourth-order valence-electron chi connectivity index (χ4n) is 4.38. The molecule has 0 aliphatic carbocycles. The zero-order chi connectivity index (χ0) is 22.2. The van der Waals surface area contributed by atoms with Gasteiger partial charge in [0.1, 0.15) is 11.2 Å². The normalized spacial score (nSPS) is 11.2. The van der Waals surface area contributed by atoms with Gasteiger partial charge in [-0.15, -0.1) is 0 Å². The van der Waals surface area contributed by atoms with Crippen LogP contribution in [0.15, 0.2) is 126 Å². The van der Waals surface area contributed by atoms with E-state index in [1.165, 1.54) is 22.3 Å². The molecule has 0 aliphatic heterocycles. The van der Waals surface area contributed by atoms with Gasteiger partial charge in [0.25, 0.3) is 0 Å². The Morgan fingerprint density at radius 2 is 1.06 bits per heavy atom. The zero-order valence-corrected chi connectivity index (χ0v) is 18.7. The maximum absolute atomic E-state index is 5.99. The fourth-order valence-corrected chi connectivity index (χ4v) is 4.63. The zero-order valence-electron chi connectivity index (χ0n) is 17.8. The number of hydrogen-bond donors (Lipinski definition) is 1. The van der Waals surface area contributed by atoms with Crippen LogP contribution in [0.1, 0.15) is 0 Å². The molecule has 0 aliphatic rings. The van der Waals surface area contributed by atoms with E-state index >= 15 is 0 Å². The van der Waals surface area contributed by atoms with Crippen LogP contribution < -0.4 is 4.31 Å². The second kappa shape index (κ2) is 8.19. The van der Waals surface area contributed by atoms with E-state index in [-0.39, 0.29) is 0 Å². The summed E-state index contributed by atoms with van der Waals surface area (Å²) in [6.07, 6.45) is 0. The van der Waals surface area contributed by atoms with Crippen molar-refractivity contribution in [2.75, 3.05) is 4.31 Å². The lowest BCUT2D eigenvalue weighted by Crippen LogP contribution is -2.02. The summed E-state index contributed by atoms with van der Waals surface area (Å²) in [5.74, 6) is 0. The highest BCUT2D eigenvalue weighted by molar-refractivity contribution is 7.82. The summed E-state index contributed by atoms with van der Waals surface area (Å²) >= 11 is 4.89. The lowest BCUT2D eigenvalue weighted by atomic mass is 9.94. The van der Waals surface area contributed by atoms with Crippen molar-refractivity contribution in [3.63, 3.8) is 0 Å². The highest BCUT2D eigenvalue weighted by atomic mass is 32.1. The average Bonchev–Trinajstić information content (AvgIpc) is 3.27. The van der Waals surface area contributed by atoms with Gasteiger partial charge in [0.15, 0.2) is 0 Å². The van der Waals surface area contributed by atoms with Crippen molar-refractivity contribution in [2.24, 2.45) is 0 Å². The molecule has 0 spiro atoms. The van der Waals surface area contributed by atoms with Gasteiger partial charge in [-0.3, -0.25) is 4.31 Å². The molecule has 2 nitrogen and oxygen atoms in total. The van der Waals surface area contributed by atoms with Crippen LogP contribution in [0.4, 0.5) is 11.4 Å². The maximum Gasteiger partial charge on any atom is 0.135 e. The highest BCUT2D eigenvalue weighted by Gasteiger charge is 2.14. The molecule has 1 aromatic heterocycles. The molecular formula is C30H21NOS. The van der Waals surface area contributed by atoms with Gasteiger partial charge in [0, 0.05) is 10.8 Å². The molecule has 5 aromatic carbocycles. The Labute approximate surface area is 198 Å². The summed E-state index contributed by atoms with van der Waals surface area (Å²) in [6, 6.07) is 41.9. The van der Waals surface area contributed by atoms with E-state index < -0.39 is 0 Å². The van der Waals surface area contributed by atoms with Crippen molar-refractivity contribution in [1.82, 2.24) is 0 Å². The molecule has 6 aromatic rings. The molecule has 3 heteroatoms. The Morgan fingerprint density at radius 1 is 0.485 bits per heavy atom. The second-order valence-corrected chi connectivity index (χ2v) is 8.45. The molecule has 0 bridgehead atoms. The minimum Gasteiger partial charge on any atom is -0.456 e. The van der Waals surface area contributed by atoms with Crippen LogP contribution in [-0.4, -0.2) is 0 Å². The van der Waals surface area contributed by atoms with E-state index in [2.05, 4.69) is 78.9 Å². The molecule has 0 saturated heterocycles. The average molecular weight is 444 g/mol. The molecule has 158 valence electrons. The predicted octanol–water partition coefficient (Wildman–Crippen LogP) is 8.90. The number of anilines is 2. The second-order valence-electron chi connectivity index (χ2n) is 8.05. The number of thiol groups is 1. The Hall–Kier alpha value is -3.95. The molecule has 0 fully saturated rings. The molecule has 0 N–H and O–H groups in total. The van der Waals surface area contributed by atoms with Crippen molar-refractivity contribution >= 4 is 46.1 Å². The third kappa shape index (κ3) is 3.57. The first-order valence-corrected chi connectivity index (χ1v) is 11.3. The maximum atomic E-state index is 5.99. The number of rotatable bonds is 4. The van der Waals surface area contributed by atoms with Crippen molar-refractivity contribution in [3.8, 4) is 22.3 Å². The number of para-hydroxylation sites is 1. The number of fused-ring (bicyclic) bond motifs is 3. The van der Waals surface area contributed by atoms with Crippen LogP contribution in [0, 0.1) is 0 Å². The van der Waals surface area contributed by atoms with Crippen LogP contribution in [0.2, 0.25) is 0 Å². The standard InChI is InChI=1S/C30H21NOS/c33-31(24-16-18-30-28(20-24)26-13-7-8-14-29(26)32-30)23-15-17-25(21-9-3-1-4-10-21)27(19-23)22-11-5-2-6-12-22/h1-20,33H. The van der Waals surface area contributed by atoms with Crippen molar-refractivity contribution in [2.45, 2.75) is 0 Å². The van der Waals surface area contributed by atoms with E-state index in [1.54, 1.807) is 0 Å². The summed E-state index contributed by atoms with van der Waals surface area (Å²) in [5.41, 5.74) is 8.51. The molecule has 0 radical (unpaired) electrons. The molecule has 6 rings (SSSR count). The van der Waals surface area contributed by atoms with Crippen LogP contribution >= 0.6 is 12.8 Å². The number of furan rings is 1. The predicted molar refractivity (Wildman–Crippen MR) is 142 cm³/mol. The van der Waals surface area contributed by atoms with Gasteiger partial charge in [-0.1, -0.05) is 97.7 Å². The number of hydrogen-bond acceptors (Lipinski definition) is 3. The van der Waals surface area contributed by atoms with Gasteiger partial charge in [-0.05, 0) is 58.7 Å². The van der Waals surface area contributed by atoms with Crippen LogP contribution in [0.25, 0.3) is 44.2 Å². The first kappa shape index (κ1) is 19.7. The smallest absolute Gasteiger partial charge is 0.135 e. The third-order valence-corrected chi connectivity index (χ3v) is 6.48. The van der Waals surface area contributed by atoms with Gasteiger partial charge >= 0.3 is 0 Å². The largest absolute Gasteiger partial charge is 0.456 e. The SMILES string of the molecule is SN(c1ccc(-c2ccccc2)c(-c2ccccc2)c1)c1ccc2oc3ccccc3c2c1. The molecule has 0 atom stereocenters. The first-order chi connectivity index (χ1) is 16.3. The summed E-state index contributed by atoms with van der Waals surface area (Å²) in [7, 11) is 0. The molecule has 0 saturated carbocycles. The molecule has 0 amide bonds. The van der Waals surface area contributed by atoms with Crippen molar-refractivity contribution in [1.29, 1.82) is 0 Å². The summed E-state index contributed by atoms with van der Waals surface area (Å²) in [4.78, 5) is 0. The van der Waals surface area contributed by atoms with Gasteiger partial charge in [-0.2, -0.15) is 0 Å². The van der Waals surface area contributed by atoms with Gasteiger partial charge in [-0.25, -0.2) is 0 Å². The number of benzene rings is 5. The molecule has 33 heavy (non-hydrogen) atoms. The van der Waals surface area contributed by atoms with Gasteiger partial charge in [0.2, 0.25) is 0 Å². The topological polar surface area (TPSA) is 16.4 Å². The van der Waals surface area contributed by atoms with E-state index in [0.717, 1.165) is 33.3 Å². The van der Waals surface area contributed by atoms with Gasteiger partial charge in [0.05, 0.1) is 11.4 Å². The fraction of sp³-hybridized carbons (Fsp3) is 0.